The lowest BCUT2D eigenvalue weighted by Gasteiger charge is -2.22. The van der Waals surface area contributed by atoms with Gasteiger partial charge in [0.25, 0.3) is 0 Å². The van der Waals surface area contributed by atoms with E-state index in [1.165, 1.54) is 6.42 Å². The summed E-state index contributed by atoms with van der Waals surface area (Å²) in [7, 11) is 0. The highest BCUT2D eigenvalue weighted by Crippen LogP contribution is 2.15. The van der Waals surface area contributed by atoms with Crippen LogP contribution in [0, 0.1) is 0 Å². The van der Waals surface area contributed by atoms with E-state index in [4.69, 9.17) is 9.47 Å². The smallest absolute Gasteiger partial charge is 0.321 e. The third-order valence-electron chi connectivity index (χ3n) is 4.12. The van der Waals surface area contributed by atoms with Crippen molar-refractivity contribution in [2.45, 2.75) is 51.9 Å². The summed E-state index contributed by atoms with van der Waals surface area (Å²) in [5.41, 5.74) is 1.82. The Labute approximate surface area is 154 Å². The van der Waals surface area contributed by atoms with E-state index in [1.807, 2.05) is 24.3 Å². The first-order chi connectivity index (χ1) is 12.6. The van der Waals surface area contributed by atoms with E-state index < -0.39 is 12.1 Å². The number of urea groups is 1. The number of ether oxygens (including phenoxy) is 2. The lowest BCUT2D eigenvalue weighted by atomic mass is 10.1. The number of imide groups is 1. The second-order valence-corrected chi connectivity index (χ2v) is 6.42. The first-order valence-electron chi connectivity index (χ1n) is 9.22. The highest BCUT2D eigenvalue weighted by atomic mass is 16.5. The molecule has 1 aromatic rings. The van der Waals surface area contributed by atoms with Gasteiger partial charge in [-0.3, -0.25) is 10.1 Å². The van der Waals surface area contributed by atoms with Crippen LogP contribution in [0.4, 0.5) is 10.5 Å². The van der Waals surface area contributed by atoms with Crippen molar-refractivity contribution in [3.8, 4) is 0 Å². The molecule has 0 unspecified atom stereocenters. The predicted molar refractivity (Wildman–Crippen MR) is 100.0 cm³/mol. The average molecular weight is 363 g/mol. The zero-order valence-electron chi connectivity index (χ0n) is 15.5. The van der Waals surface area contributed by atoms with Gasteiger partial charge in [-0.15, -0.1) is 0 Å². The molecule has 26 heavy (non-hydrogen) atoms. The molecule has 1 aromatic carbocycles. The molecule has 2 rings (SSSR count). The van der Waals surface area contributed by atoms with Crippen LogP contribution < -0.4 is 16.0 Å². The van der Waals surface area contributed by atoms with Gasteiger partial charge >= 0.3 is 6.03 Å². The second kappa shape index (κ2) is 10.8. The molecule has 2 atom stereocenters. The van der Waals surface area contributed by atoms with Gasteiger partial charge in [0.05, 0.1) is 19.3 Å². The molecule has 1 heterocycles. The van der Waals surface area contributed by atoms with Gasteiger partial charge in [0.2, 0.25) is 5.91 Å². The SMILES string of the molecule is CCNC(=O)NC(=O)[C@H](C)Nc1cccc(COC[C@@H]2CCCCO2)c1. The highest BCUT2D eigenvalue weighted by Gasteiger charge is 2.16. The fourth-order valence-corrected chi connectivity index (χ4v) is 2.74. The van der Waals surface area contributed by atoms with Crippen LogP contribution in [0.3, 0.4) is 0 Å². The largest absolute Gasteiger partial charge is 0.376 e. The molecule has 0 radical (unpaired) electrons. The average Bonchev–Trinajstić information content (AvgIpc) is 2.63. The van der Waals surface area contributed by atoms with Crippen LogP contribution in [0.15, 0.2) is 24.3 Å². The summed E-state index contributed by atoms with van der Waals surface area (Å²) in [6.07, 6.45) is 3.59. The first-order valence-corrected chi connectivity index (χ1v) is 9.22. The lowest BCUT2D eigenvalue weighted by molar-refractivity contribution is -0.120. The van der Waals surface area contributed by atoms with Crippen LogP contribution in [0.1, 0.15) is 38.7 Å². The van der Waals surface area contributed by atoms with E-state index in [0.29, 0.717) is 19.8 Å². The summed E-state index contributed by atoms with van der Waals surface area (Å²) in [6.45, 7) is 5.88. The fourth-order valence-electron chi connectivity index (χ4n) is 2.74. The number of hydrogen-bond donors (Lipinski definition) is 3. The molecule has 1 aliphatic heterocycles. The van der Waals surface area contributed by atoms with Crippen molar-refractivity contribution in [2.24, 2.45) is 0 Å². The molecule has 0 saturated carbocycles. The molecule has 144 valence electrons. The van der Waals surface area contributed by atoms with E-state index in [1.54, 1.807) is 13.8 Å². The van der Waals surface area contributed by atoms with Gasteiger partial charge in [-0.25, -0.2) is 4.79 Å². The summed E-state index contributed by atoms with van der Waals surface area (Å²) in [5, 5.41) is 7.92. The highest BCUT2D eigenvalue weighted by molar-refractivity contribution is 5.97. The Hall–Kier alpha value is -2.12. The summed E-state index contributed by atoms with van der Waals surface area (Å²) in [4.78, 5) is 23.4. The molecule has 0 bridgehead atoms. The Morgan fingerprint density at radius 2 is 2.19 bits per heavy atom. The summed E-state index contributed by atoms with van der Waals surface area (Å²) in [5.74, 6) is -0.382. The first kappa shape index (κ1) is 20.2. The minimum Gasteiger partial charge on any atom is -0.376 e. The fraction of sp³-hybridized carbons (Fsp3) is 0.579. The minimum absolute atomic E-state index is 0.197. The van der Waals surface area contributed by atoms with Gasteiger partial charge in [0.1, 0.15) is 6.04 Å². The van der Waals surface area contributed by atoms with E-state index in [-0.39, 0.29) is 12.0 Å². The molecular formula is C19H29N3O4. The van der Waals surface area contributed by atoms with Crippen molar-refractivity contribution in [1.29, 1.82) is 0 Å². The monoisotopic (exact) mass is 363 g/mol. The van der Waals surface area contributed by atoms with Crippen LogP contribution in [-0.4, -0.2) is 43.8 Å². The standard InChI is InChI=1S/C19H29N3O4/c1-3-20-19(24)22-18(23)14(2)21-16-8-6-7-15(11-16)12-25-13-17-9-4-5-10-26-17/h6-8,11,14,17,21H,3-5,9-10,12-13H2,1-2H3,(H2,20,22,23,24)/t14-,17-/m0/s1. The van der Waals surface area contributed by atoms with E-state index >= 15 is 0 Å². The van der Waals surface area contributed by atoms with Crippen LogP contribution in [0.2, 0.25) is 0 Å². The van der Waals surface area contributed by atoms with Gasteiger partial charge in [-0.05, 0) is 50.8 Å². The number of benzene rings is 1. The molecule has 0 aliphatic carbocycles. The van der Waals surface area contributed by atoms with Crippen LogP contribution in [-0.2, 0) is 20.9 Å². The Morgan fingerprint density at radius 3 is 2.92 bits per heavy atom. The van der Waals surface area contributed by atoms with Crippen molar-refractivity contribution in [3.05, 3.63) is 29.8 Å². The maximum Gasteiger partial charge on any atom is 0.321 e. The third kappa shape index (κ3) is 7.01. The molecule has 7 nitrogen and oxygen atoms in total. The minimum atomic E-state index is -0.538. The molecule has 3 N–H and O–H groups in total. The molecule has 0 aromatic heterocycles. The van der Waals surface area contributed by atoms with Crippen molar-refractivity contribution in [2.75, 3.05) is 25.1 Å². The Kier molecular flexibility index (Phi) is 8.37. The molecule has 7 heteroatoms. The number of nitrogens with one attached hydrogen (secondary N) is 3. The van der Waals surface area contributed by atoms with Gasteiger partial charge in [-0.2, -0.15) is 0 Å². The van der Waals surface area contributed by atoms with Crippen LogP contribution in [0.5, 0.6) is 0 Å². The molecule has 1 saturated heterocycles. The van der Waals surface area contributed by atoms with Gasteiger partial charge < -0.3 is 20.1 Å². The Balaban J connectivity index is 1.78. The number of carbonyl (C=O) groups excluding carboxylic acids is 2. The maximum absolute atomic E-state index is 12.0. The summed E-state index contributed by atoms with van der Waals surface area (Å²) in [6, 6.07) is 6.68. The van der Waals surface area contributed by atoms with Crippen molar-refractivity contribution in [1.82, 2.24) is 10.6 Å². The molecule has 1 fully saturated rings. The number of carbonyl (C=O) groups is 2. The van der Waals surface area contributed by atoms with Crippen molar-refractivity contribution < 1.29 is 19.1 Å². The predicted octanol–water partition coefficient (Wildman–Crippen LogP) is 2.42. The third-order valence-corrected chi connectivity index (χ3v) is 4.12. The van der Waals surface area contributed by atoms with Crippen molar-refractivity contribution in [3.63, 3.8) is 0 Å². The van der Waals surface area contributed by atoms with Crippen LogP contribution >= 0.6 is 0 Å². The van der Waals surface area contributed by atoms with Crippen LogP contribution in [0.25, 0.3) is 0 Å². The lowest BCUT2D eigenvalue weighted by Crippen LogP contribution is -2.45. The van der Waals surface area contributed by atoms with Crippen molar-refractivity contribution >= 4 is 17.6 Å². The van der Waals surface area contributed by atoms with E-state index in [2.05, 4.69) is 16.0 Å². The number of anilines is 1. The molecule has 0 spiro atoms. The zero-order chi connectivity index (χ0) is 18.8. The quantitative estimate of drug-likeness (QED) is 0.660. The van der Waals surface area contributed by atoms with Gasteiger partial charge in [-0.1, -0.05) is 12.1 Å². The molecule has 1 aliphatic rings. The van der Waals surface area contributed by atoms with Gasteiger partial charge in [0.15, 0.2) is 0 Å². The summed E-state index contributed by atoms with van der Waals surface area (Å²) < 4.78 is 11.4. The molecule has 3 amide bonds. The number of rotatable bonds is 8. The topological polar surface area (TPSA) is 88.7 Å². The van der Waals surface area contributed by atoms with Gasteiger partial charge in [0, 0.05) is 18.8 Å². The Bertz CT molecular complexity index is 588. The van der Waals surface area contributed by atoms with E-state index in [9.17, 15) is 9.59 Å². The zero-order valence-corrected chi connectivity index (χ0v) is 15.5. The second-order valence-electron chi connectivity index (χ2n) is 6.42. The Morgan fingerprint density at radius 1 is 1.35 bits per heavy atom. The van der Waals surface area contributed by atoms with E-state index in [0.717, 1.165) is 30.7 Å². The number of amides is 3. The number of hydrogen-bond acceptors (Lipinski definition) is 5. The maximum atomic E-state index is 12.0. The molecular weight excluding hydrogens is 334 g/mol. The summed E-state index contributed by atoms with van der Waals surface area (Å²) >= 11 is 0. The normalized spacial score (nSPS) is 18.0.